The van der Waals surface area contributed by atoms with Crippen LogP contribution in [0.2, 0.25) is 0 Å². The van der Waals surface area contributed by atoms with Gasteiger partial charge in [-0.1, -0.05) is 0 Å². The van der Waals surface area contributed by atoms with Gasteiger partial charge in [-0.15, -0.1) is 0 Å². The van der Waals surface area contributed by atoms with E-state index in [0.29, 0.717) is 0 Å². The number of aromatic hydroxyl groups is 3. The summed E-state index contributed by atoms with van der Waals surface area (Å²) in [6.07, 6.45) is -15.3. The van der Waals surface area contributed by atoms with E-state index in [0.717, 1.165) is 18.2 Å². The lowest BCUT2D eigenvalue weighted by molar-refractivity contribution is -0.268. The van der Waals surface area contributed by atoms with Crippen LogP contribution < -0.4 is 19.6 Å². The molecule has 2 aliphatic heterocycles. The van der Waals surface area contributed by atoms with E-state index < -0.39 is 101 Å². The summed E-state index contributed by atoms with van der Waals surface area (Å²) in [6, 6.07) is 4.38. The van der Waals surface area contributed by atoms with Crippen molar-refractivity contribution in [3.8, 4) is 45.8 Å². The highest BCUT2D eigenvalue weighted by Gasteiger charge is 2.45. The average Bonchev–Trinajstić information content (AvgIpc) is 2.98. The molecule has 10 unspecified atom stereocenters. The summed E-state index contributed by atoms with van der Waals surface area (Å²) in [4.78, 5) is 13.7. The topological polar surface area (TPSA) is 258 Å². The molecule has 16 nitrogen and oxygen atoms in total. The Hall–Kier alpha value is -3.87. The van der Waals surface area contributed by atoms with Crippen molar-refractivity contribution in [3.05, 3.63) is 34.5 Å². The van der Waals surface area contributed by atoms with Crippen LogP contribution in [0, 0.1) is 0 Å². The first kappa shape index (κ1) is 31.6. The maximum Gasteiger partial charge on any atom is 0.239 e. The number of phenolic OH excluding ortho intramolecular Hbond substituents is 3. The maximum absolute atomic E-state index is 13.7. The first-order chi connectivity index (χ1) is 20.7. The van der Waals surface area contributed by atoms with Crippen LogP contribution in [0.4, 0.5) is 0 Å². The molecule has 1 aromatic heterocycles. The molecule has 0 bridgehead atoms. The molecule has 2 saturated heterocycles. The Bertz CT molecular complexity index is 1570. The lowest BCUT2D eigenvalue weighted by Gasteiger charge is -2.39. The van der Waals surface area contributed by atoms with E-state index in [2.05, 4.69) is 0 Å². The summed E-state index contributed by atoms with van der Waals surface area (Å²) in [5.74, 6) is -3.69. The zero-order valence-corrected chi connectivity index (χ0v) is 23.5. The van der Waals surface area contributed by atoms with Gasteiger partial charge in [-0.3, -0.25) is 4.79 Å². The Morgan fingerprint density at radius 2 is 1.16 bits per heavy atom. The van der Waals surface area contributed by atoms with E-state index in [1.807, 2.05) is 0 Å². The largest absolute Gasteiger partial charge is 0.507 e. The Morgan fingerprint density at radius 3 is 1.66 bits per heavy atom. The molecule has 9 N–H and O–H groups in total. The normalized spacial score (nSPS) is 32.4. The fraction of sp³-hybridized carbons (Fsp3) is 0.464. The van der Waals surface area contributed by atoms with Crippen molar-refractivity contribution in [2.24, 2.45) is 0 Å². The van der Waals surface area contributed by atoms with E-state index in [1.165, 1.54) is 27.0 Å². The molecule has 240 valence electrons. The van der Waals surface area contributed by atoms with Gasteiger partial charge in [0.25, 0.3) is 0 Å². The van der Waals surface area contributed by atoms with Gasteiger partial charge in [0.15, 0.2) is 17.3 Å². The van der Waals surface area contributed by atoms with Crippen molar-refractivity contribution in [2.75, 3.05) is 7.11 Å². The van der Waals surface area contributed by atoms with Gasteiger partial charge in [0.05, 0.1) is 19.3 Å². The number of phenols is 3. The zero-order chi connectivity index (χ0) is 32.2. The number of hydrogen-bond donors (Lipinski definition) is 9. The van der Waals surface area contributed by atoms with Gasteiger partial charge in [-0.2, -0.15) is 0 Å². The van der Waals surface area contributed by atoms with Crippen molar-refractivity contribution in [1.29, 1.82) is 0 Å². The van der Waals surface area contributed by atoms with Crippen LogP contribution in [-0.4, -0.2) is 114 Å². The van der Waals surface area contributed by atoms with Gasteiger partial charge in [0.1, 0.15) is 59.1 Å². The molecule has 0 aliphatic carbocycles. The highest BCUT2D eigenvalue weighted by atomic mass is 16.7. The van der Waals surface area contributed by atoms with Crippen LogP contribution >= 0.6 is 0 Å². The second-order valence-electron chi connectivity index (χ2n) is 10.6. The number of fused-ring (bicyclic) bond motifs is 1. The Balaban J connectivity index is 1.61. The summed E-state index contributed by atoms with van der Waals surface area (Å²) >= 11 is 0. The molecule has 2 aliphatic rings. The highest BCUT2D eigenvalue weighted by Crippen LogP contribution is 2.45. The minimum atomic E-state index is -1.84. The summed E-state index contributed by atoms with van der Waals surface area (Å²) in [5, 5.41) is 92.9. The number of benzene rings is 2. The highest BCUT2D eigenvalue weighted by molar-refractivity contribution is 5.88. The quantitative estimate of drug-likeness (QED) is 0.159. The maximum atomic E-state index is 13.7. The summed E-state index contributed by atoms with van der Waals surface area (Å²) in [5.41, 5.74) is -1.38. The SMILES string of the molecule is COc1cc(O)c2c(=O)c(OC3OC(C)C(O)C(O)C3O)c(-c3cc(O)c(OC4OC(C)C(O)C(O)C4O)c(O)c3)oc2c1. The van der Waals surface area contributed by atoms with Crippen molar-refractivity contribution in [3.63, 3.8) is 0 Å². The van der Waals surface area contributed by atoms with E-state index in [1.54, 1.807) is 0 Å². The van der Waals surface area contributed by atoms with E-state index >= 15 is 0 Å². The van der Waals surface area contributed by atoms with E-state index in [-0.39, 0.29) is 22.3 Å². The fourth-order valence-corrected chi connectivity index (χ4v) is 4.98. The molecule has 44 heavy (non-hydrogen) atoms. The smallest absolute Gasteiger partial charge is 0.239 e. The third kappa shape index (κ3) is 5.46. The van der Waals surface area contributed by atoms with Crippen molar-refractivity contribution in [2.45, 2.75) is 75.3 Å². The summed E-state index contributed by atoms with van der Waals surface area (Å²) in [7, 11) is 1.31. The van der Waals surface area contributed by atoms with Crippen LogP contribution in [0.25, 0.3) is 22.3 Å². The Labute approximate surface area is 248 Å². The molecule has 0 spiro atoms. The number of hydrogen-bond acceptors (Lipinski definition) is 16. The van der Waals surface area contributed by atoms with Gasteiger partial charge in [0.2, 0.25) is 29.5 Å². The van der Waals surface area contributed by atoms with Crippen molar-refractivity contribution >= 4 is 11.0 Å². The molecule has 0 amide bonds. The summed E-state index contributed by atoms with van der Waals surface area (Å²) in [6.45, 7) is 2.79. The minimum Gasteiger partial charge on any atom is -0.507 e. The lowest BCUT2D eigenvalue weighted by Crippen LogP contribution is -2.58. The molecule has 5 rings (SSSR count). The minimum absolute atomic E-state index is 0.108. The monoisotopic (exact) mass is 624 g/mol. The van der Waals surface area contributed by atoms with Crippen LogP contribution in [0.3, 0.4) is 0 Å². The first-order valence-corrected chi connectivity index (χ1v) is 13.4. The molecule has 2 fully saturated rings. The number of aliphatic hydroxyl groups is 6. The number of ether oxygens (including phenoxy) is 5. The van der Waals surface area contributed by atoms with E-state index in [9.17, 15) is 50.8 Å². The van der Waals surface area contributed by atoms with Gasteiger partial charge in [-0.25, -0.2) is 0 Å². The molecule has 3 aromatic rings. The van der Waals surface area contributed by atoms with Crippen LogP contribution in [0.5, 0.6) is 34.5 Å². The lowest BCUT2D eigenvalue weighted by atomic mass is 10.00. The number of rotatable bonds is 6. The molecule has 3 heterocycles. The van der Waals surface area contributed by atoms with E-state index in [4.69, 9.17) is 28.1 Å². The first-order valence-electron chi connectivity index (χ1n) is 13.4. The zero-order valence-electron chi connectivity index (χ0n) is 23.5. The second kappa shape index (κ2) is 11.9. The molecule has 0 saturated carbocycles. The van der Waals surface area contributed by atoms with Gasteiger partial charge >= 0.3 is 0 Å². The molecule has 0 radical (unpaired) electrons. The Kier molecular flexibility index (Phi) is 8.54. The molecule has 10 atom stereocenters. The van der Waals surface area contributed by atoms with Gasteiger partial charge in [-0.05, 0) is 26.0 Å². The predicted molar refractivity (Wildman–Crippen MR) is 145 cm³/mol. The second-order valence-corrected chi connectivity index (χ2v) is 10.6. The molecule has 16 heteroatoms. The van der Waals surface area contributed by atoms with Gasteiger partial charge in [0, 0.05) is 17.7 Å². The molecular weight excluding hydrogens is 592 g/mol. The number of methoxy groups -OCH3 is 1. The molecular formula is C28H32O16. The van der Waals surface area contributed by atoms with Crippen LogP contribution in [0.1, 0.15) is 13.8 Å². The standard InChI is InChI=1S/C28H32O16/c1-8-17(32)20(35)22(37)27(40-8)43-25-13(30)4-10(5-14(25)31)24-26(44-28-23(38)21(36)18(33)9(2)41-28)19(34)16-12(29)6-11(39-3)7-15(16)42-24/h4-9,17-18,20-23,27-33,35-38H,1-3H3. The Morgan fingerprint density at radius 1 is 0.659 bits per heavy atom. The average molecular weight is 625 g/mol. The van der Waals surface area contributed by atoms with Crippen molar-refractivity contribution < 1.29 is 74.1 Å². The summed E-state index contributed by atoms with van der Waals surface area (Å²) < 4.78 is 32.9. The van der Waals surface area contributed by atoms with Crippen molar-refractivity contribution in [1.82, 2.24) is 0 Å². The molecule has 2 aromatic carbocycles. The van der Waals surface area contributed by atoms with Crippen LogP contribution in [-0.2, 0) is 9.47 Å². The number of aliphatic hydroxyl groups excluding tert-OH is 6. The van der Waals surface area contributed by atoms with Crippen LogP contribution in [0.15, 0.2) is 33.5 Å². The third-order valence-electron chi connectivity index (χ3n) is 7.54. The predicted octanol–water partition coefficient (Wildman–Crippen LogP) is -1.00. The fourth-order valence-electron chi connectivity index (χ4n) is 4.98. The third-order valence-corrected chi connectivity index (χ3v) is 7.54. The van der Waals surface area contributed by atoms with Gasteiger partial charge < -0.3 is 74.1 Å².